The van der Waals surface area contributed by atoms with E-state index in [1.165, 1.54) is 19.1 Å². The molecule has 1 atom stereocenters. The molecule has 2 aromatic carbocycles. The number of ether oxygens (including phenoxy) is 1. The Bertz CT molecular complexity index is 1060. The van der Waals surface area contributed by atoms with Crippen LogP contribution in [0.3, 0.4) is 0 Å². The number of benzene rings is 2. The molecule has 174 valence electrons. The maximum atomic E-state index is 12.9. The van der Waals surface area contributed by atoms with E-state index in [0.29, 0.717) is 5.02 Å². The molecule has 3 rings (SSSR count). The Kier molecular flexibility index (Phi) is 8.41. The Hall–Kier alpha value is -1.84. The maximum absolute atomic E-state index is 12.9. The molecule has 0 unspecified atom stereocenters. The van der Waals surface area contributed by atoms with Crippen LogP contribution in [0.1, 0.15) is 18.1 Å². The van der Waals surface area contributed by atoms with E-state index in [1.807, 2.05) is 18.2 Å². The van der Waals surface area contributed by atoms with E-state index in [9.17, 15) is 13.2 Å². The van der Waals surface area contributed by atoms with Gasteiger partial charge in [-0.3, -0.25) is 14.0 Å². The van der Waals surface area contributed by atoms with E-state index in [-0.39, 0.29) is 17.3 Å². The van der Waals surface area contributed by atoms with Gasteiger partial charge in [0, 0.05) is 31.2 Å². The predicted molar refractivity (Wildman–Crippen MR) is 128 cm³/mol. The molecule has 1 saturated heterocycles. The zero-order valence-electron chi connectivity index (χ0n) is 18.1. The first-order valence-electron chi connectivity index (χ1n) is 10.3. The van der Waals surface area contributed by atoms with Gasteiger partial charge in [-0.15, -0.1) is 0 Å². The summed E-state index contributed by atoms with van der Waals surface area (Å²) in [6.07, 6.45) is 1.03. The average molecular weight is 500 g/mol. The lowest BCUT2D eigenvalue weighted by Gasteiger charge is -2.29. The molecule has 0 aromatic heterocycles. The standard InChI is InChI=1S/C22H27Cl2N3O4S/c1-16(27(32(2,29)30)21-13-19(23)6-7-20(21)24)22(28)25-14-17-4-3-5-18(12-17)15-26-8-10-31-11-9-26/h3-7,12-13,16H,8-11,14-15H2,1-2H3,(H,25,28)/t16-/m1/s1. The topological polar surface area (TPSA) is 79.0 Å². The van der Waals surface area contributed by atoms with Gasteiger partial charge in [0.05, 0.1) is 30.2 Å². The molecular weight excluding hydrogens is 473 g/mol. The minimum absolute atomic E-state index is 0.164. The van der Waals surface area contributed by atoms with Crippen molar-refractivity contribution in [1.29, 1.82) is 0 Å². The van der Waals surface area contributed by atoms with Crippen LogP contribution in [0.15, 0.2) is 42.5 Å². The Morgan fingerprint density at radius 2 is 1.84 bits per heavy atom. The highest BCUT2D eigenvalue weighted by molar-refractivity contribution is 7.92. The van der Waals surface area contributed by atoms with Crippen molar-refractivity contribution >= 4 is 44.8 Å². The van der Waals surface area contributed by atoms with Crippen molar-refractivity contribution in [2.75, 3.05) is 36.9 Å². The first-order chi connectivity index (χ1) is 15.1. The van der Waals surface area contributed by atoms with Gasteiger partial charge in [0.15, 0.2) is 0 Å². The maximum Gasteiger partial charge on any atom is 0.243 e. The molecule has 1 amide bonds. The number of carbonyl (C=O) groups is 1. The molecule has 0 radical (unpaired) electrons. The van der Waals surface area contributed by atoms with Crippen molar-refractivity contribution in [3.05, 3.63) is 63.6 Å². The number of nitrogens with zero attached hydrogens (tertiary/aromatic N) is 2. The average Bonchev–Trinajstić information content (AvgIpc) is 2.74. The number of nitrogens with one attached hydrogen (secondary N) is 1. The number of rotatable bonds is 8. The summed E-state index contributed by atoms with van der Waals surface area (Å²) in [7, 11) is -3.79. The Morgan fingerprint density at radius 1 is 1.16 bits per heavy atom. The molecule has 1 fully saturated rings. The highest BCUT2D eigenvalue weighted by Crippen LogP contribution is 2.32. The number of morpholine rings is 1. The fourth-order valence-corrected chi connectivity index (χ4v) is 5.23. The smallest absolute Gasteiger partial charge is 0.243 e. The number of hydrogen-bond donors (Lipinski definition) is 1. The largest absolute Gasteiger partial charge is 0.379 e. The van der Waals surface area contributed by atoms with Crippen molar-refractivity contribution in [1.82, 2.24) is 10.2 Å². The third kappa shape index (κ3) is 6.59. The predicted octanol–water partition coefficient (Wildman–Crippen LogP) is 3.30. The molecule has 0 saturated carbocycles. The normalized spacial score (nSPS) is 15.9. The van der Waals surface area contributed by atoms with Gasteiger partial charge in [0.2, 0.25) is 15.9 Å². The summed E-state index contributed by atoms with van der Waals surface area (Å²) in [6.45, 7) is 5.88. The van der Waals surface area contributed by atoms with E-state index in [0.717, 1.165) is 54.5 Å². The summed E-state index contributed by atoms with van der Waals surface area (Å²) < 4.78 is 31.3. The van der Waals surface area contributed by atoms with Gasteiger partial charge < -0.3 is 10.1 Å². The van der Waals surface area contributed by atoms with E-state index in [4.69, 9.17) is 27.9 Å². The van der Waals surface area contributed by atoms with Crippen LogP contribution in [-0.2, 0) is 32.6 Å². The number of sulfonamides is 1. The van der Waals surface area contributed by atoms with Gasteiger partial charge in [-0.05, 0) is 36.2 Å². The number of anilines is 1. The second-order valence-electron chi connectivity index (χ2n) is 7.76. The van der Waals surface area contributed by atoms with Crippen molar-refractivity contribution < 1.29 is 17.9 Å². The van der Waals surface area contributed by atoms with Crippen LogP contribution in [0.5, 0.6) is 0 Å². The van der Waals surface area contributed by atoms with Gasteiger partial charge >= 0.3 is 0 Å². The van der Waals surface area contributed by atoms with Crippen molar-refractivity contribution in [2.24, 2.45) is 0 Å². The van der Waals surface area contributed by atoms with Gasteiger partial charge in [0.1, 0.15) is 6.04 Å². The fourth-order valence-electron chi connectivity index (χ4n) is 3.63. The Balaban J connectivity index is 1.69. The third-order valence-corrected chi connectivity index (χ3v) is 6.98. The number of hydrogen-bond acceptors (Lipinski definition) is 5. The molecule has 1 aliphatic heterocycles. The summed E-state index contributed by atoms with van der Waals surface area (Å²) in [5, 5.41) is 3.34. The van der Waals surface area contributed by atoms with Crippen LogP contribution < -0.4 is 9.62 Å². The first-order valence-corrected chi connectivity index (χ1v) is 12.9. The molecule has 7 nitrogen and oxygen atoms in total. The third-order valence-electron chi connectivity index (χ3n) is 5.20. The van der Waals surface area contributed by atoms with E-state index in [1.54, 1.807) is 6.07 Å². The molecule has 2 aromatic rings. The molecule has 32 heavy (non-hydrogen) atoms. The van der Waals surface area contributed by atoms with Crippen LogP contribution >= 0.6 is 23.2 Å². The second-order valence-corrected chi connectivity index (χ2v) is 10.5. The molecule has 1 heterocycles. The molecule has 1 aliphatic rings. The van der Waals surface area contributed by atoms with Crippen molar-refractivity contribution in [3.8, 4) is 0 Å². The SMILES string of the molecule is C[C@H](C(=O)NCc1cccc(CN2CCOCC2)c1)N(c1cc(Cl)ccc1Cl)S(C)(=O)=O. The lowest BCUT2D eigenvalue weighted by atomic mass is 10.1. The molecule has 10 heteroatoms. The number of amides is 1. The number of halogens is 2. The molecular formula is C22H27Cl2N3O4S. The molecule has 0 spiro atoms. The van der Waals surface area contributed by atoms with Crippen LogP contribution in [0, 0.1) is 0 Å². The van der Waals surface area contributed by atoms with Crippen LogP contribution in [0.4, 0.5) is 5.69 Å². The van der Waals surface area contributed by atoms with Gasteiger partial charge in [0.25, 0.3) is 0 Å². The highest BCUT2D eigenvalue weighted by atomic mass is 35.5. The molecule has 1 N–H and O–H groups in total. The summed E-state index contributed by atoms with van der Waals surface area (Å²) in [4.78, 5) is 15.2. The first kappa shape index (κ1) is 24.8. The minimum atomic E-state index is -3.79. The van der Waals surface area contributed by atoms with Crippen LogP contribution in [0.2, 0.25) is 10.0 Å². The van der Waals surface area contributed by atoms with Crippen LogP contribution in [0.25, 0.3) is 0 Å². The zero-order valence-corrected chi connectivity index (χ0v) is 20.4. The summed E-state index contributed by atoms with van der Waals surface area (Å²) >= 11 is 12.2. The second kappa shape index (κ2) is 10.9. The molecule has 0 bridgehead atoms. The number of carbonyl (C=O) groups excluding carboxylic acids is 1. The Labute approximate surface area is 199 Å². The quantitative estimate of drug-likeness (QED) is 0.602. The van der Waals surface area contributed by atoms with E-state index < -0.39 is 22.0 Å². The fraction of sp³-hybridized carbons (Fsp3) is 0.409. The van der Waals surface area contributed by atoms with Gasteiger partial charge in [-0.25, -0.2) is 8.42 Å². The van der Waals surface area contributed by atoms with E-state index >= 15 is 0 Å². The van der Waals surface area contributed by atoms with Gasteiger partial charge in [-0.2, -0.15) is 0 Å². The molecule has 0 aliphatic carbocycles. The van der Waals surface area contributed by atoms with Crippen molar-refractivity contribution in [3.63, 3.8) is 0 Å². The minimum Gasteiger partial charge on any atom is -0.379 e. The Morgan fingerprint density at radius 3 is 2.53 bits per heavy atom. The lowest BCUT2D eigenvalue weighted by molar-refractivity contribution is -0.122. The van der Waals surface area contributed by atoms with E-state index in [2.05, 4.69) is 16.3 Å². The summed E-state index contributed by atoms with van der Waals surface area (Å²) in [6, 6.07) is 11.5. The van der Waals surface area contributed by atoms with Crippen LogP contribution in [-0.4, -0.2) is 57.8 Å². The zero-order chi connectivity index (χ0) is 23.3. The lowest BCUT2D eigenvalue weighted by Crippen LogP contribution is -2.47. The summed E-state index contributed by atoms with van der Waals surface area (Å²) in [5.41, 5.74) is 2.25. The van der Waals surface area contributed by atoms with Crippen molar-refractivity contribution in [2.45, 2.75) is 26.1 Å². The van der Waals surface area contributed by atoms with Gasteiger partial charge in [-0.1, -0.05) is 47.5 Å². The summed E-state index contributed by atoms with van der Waals surface area (Å²) in [5.74, 6) is -0.440. The highest BCUT2D eigenvalue weighted by Gasteiger charge is 2.30. The monoisotopic (exact) mass is 499 g/mol.